The van der Waals surface area contributed by atoms with E-state index in [4.69, 9.17) is 9.57 Å². The van der Waals surface area contributed by atoms with Gasteiger partial charge in [0.25, 0.3) is 0 Å². The SMILES string of the molecule is CONCc1cc(Br)cc2c1OC(C)C2. The van der Waals surface area contributed by atoms with Crippen molar-refractivity contribution in [2.24, 2.45) is 0 Å². The standard InChI is InChI=1S/C11H14BrNO2/c1-7-3-8-4-10(12)5-9(6-13-14-2)11(8)15-7/h4-5,7,13H,3,6H2,1-2H3. The Hall–Kier alpha value is -0.580. The van der Waals surface area contributed by atoms with Crippen LogP contribution < -0.4 is 10.2 Å². The van der Waals surface area contributed by atoms with Crippen LogP contribution in [0.5, 0.6) is 5.75 Å². The molecule has 0 radical (unpaired) electrons. The molecular formula is C11H14BrNO2. The molecule has 2 rings (SSSR count). The van der Waals surface area contributed by atoms with E-state index in [-0.39, 0.29) is 6.10 Å². The number of hydroxylamine groups is 1. The molecule has 1 N–H and O–H groups in total. The lowest BCUT2D eigenvalue weighted by Crippen LogP contribution is -2.12. The highest BCUT2D eigenvalue weighted by molar-refractivity contribution is 9.10. The minimum absolute atomic E-state index is 0.274. The Morgan fingerprint density at radius 2 is 2.40 bits per heavy atom. The molecule has 0 aliphatic carbocycles. The van der Waals surface area contributed by atoms with Crippen LogP contribution in [-0.2, 0) is 17.8 Å². The van der Waals surface area contributed by atoms with Crippen LogP contribution in [-0.4, -0.2) is 13.2 Å². The van der Waals surface area contributed by atoms with Gasteiger partial charge in [0.1, 0.15) is 11.9 Å². The van der Waals surface area contributed by atoms with E-state index in [1.165, 1.54) is 5.56 Å². The molecule has 0 saturated carbocycles. The third-order valence-electron chi connectivity index (χ3n) is 2.44. The first-order chi connectivity index (χ1) is 7.20. The fraction of sp³-hybridized carbons (Fsp3) is 0.455. The van der Waals surface area contributed by atoms with Crippen molar-refractivity contribution in [2.75, 3.05) is 7.11 Å². The maximum atomic E-state index is 5.77. The summed E-state index contributed by atoms with van der Waals surface area (Å²) in [5.41, 5.74) is 5.23. The first-order valence-electron chi connectivity index (χ1n) is 4.94. The van der Waals surface area contributed by atoms with E-state index in [1.807, 2.05) is 0 Å². The van der Waals surface area contributed by atoms with Gasteiger partial charge in [0.05, 0.1) is 7.11 Å². The molecule has 4 heteroatoms. The maximum absolute atomic E-state index is 5.77. The molecule has 0 fully saturated rings. The van der Waals surface area contributed by atoms with Crippen molar-refractivity contribution in [1.29, 1.82) is 0 Å². The van der Waals surface area contributed by atoms with E-state index in [0.29, 0.717) is 6.54 Å². The quantitative estimate of drug-likeness (QED) is 0.857. The smallest absolute Gasteiger partial charge is 0.127 e. The lowest BCUT2D eigenvalue weighted by atomic mass is 10.1. The Balaban J connectivity index is 2.30. The molecule has 1 aliphatic rings. The lowest BCUT2D eigenvalue weighted by Gasteiger charge is -2.10. The van der Waals surface area contributed by atoms with E-state index in [2.05, 4.69) is 40.5 Å². The number of hydrogen-bond donors (Lipinski definition) is 1. The minimum atomic E-state index is 0.274. The van der Waals surface area contributed by atoms with Gasteiger partial charge in [-0.2, -0.15) is 5.48 Å². The molecule has 0 aromatic heterocycles. The number of benzene rings is 1. The number of ether oxygens (including phenoxy) is 1. The Kier molecular flexibility index (Phi) is 3.29. The van der Waals surface area contributed by atoms with Crippen LogP contribution in [0.2, 0.25) is 0 Å². The third-order valence-corrected chi connectivity index (χ3v) is 2.90. The van der Waals surface area contributed by atoms with Crippen molar-refractivity contribution in [1.82, 2.24) is 5.48 Å². The molecule has 1 atom stereocenters. The van der Waals surface area contributed by atoms with Crippen LogP contribution in [0.3, 0.4) is 0 Å². The topological polar surface area (TPSA) is 30.5 Å². The van der Waals surface area contributed by atoms with E-state index >= 15 is 0 Å². The van der Waals surface area contributed by atoms with Gasteiger partial charge in [-0.3, -0.25) is 0 Å². The Labute approximate surface area is 97.8 Å². The van der Waals surface area contributed by atoms with Gasteiger partial charge in [-0.15, -0.1) is 0 Å². The molecule has 0 spiro atoms. The van der Waals surface area contributed by atoms with E-state index < -0.39 is 0 Å². The van der Waals surface area contributed by atoms with Crippen molar-refractivity contribution < 1.29 is 9.57 Å². The zero-order valence-corrected chi connectivity index (χ0v) is 10.4. The normalized spacial score (nSPS) is 18.7. The molecule has 0 saturated heterocycles. The van der Waals surface area contributed by atoms with Crippen molar-refractivity contribution in [3.8, 4) is 5.75 Å². The number of nitrogens with one attached hydrogen (secondary N) is 1. The Morgan fingerprint density at radius 3 is 3.13 bits per heavy atom. The summed E-state index contributed by atoms with van der Waals surface area (Å²) in [5, 5.41) is 0. The predicted molar refractivity (Wildman–Crippen MR) is 61.8 cm³/mol. The van der Waals surface area contributed by atoms with Gasteiger partial charge in [0.2, 0.25) is 0 Å². The van der Waals surface area contributed by atoms with Crippen LogP contribution >= 0.6 is 15.9 Å². The second-order valence-electron chi connectivity index (χ2n) is 3.71. The van der Waals surface area contributed by atoms with Gasteiger partial charge in [-0.05, 0) is 24.6 Å². The second-order valence-corrected chi connectivity index (χ2v) is 4.63. The van der Waals surface area contributed by atoms with Crippen LogP contribution in [0.15, 0.2) is 16.6 Å². The maximum Gasteiger partial charge on any atom is 0.127 e. The fourth-order valence-electron chi connectivity index (χ4n) is 1.85. The van der Waals surface area contributed by atoms with Crippen molar-refractivity contribution >= 4 is 15.9 Å². The highest BCUT2D eigenvalue weighted by Crippen LogP contribution is 2.35. The van der Waals surface area contributed by atoms with E-state index in [1.54, 1.807) is 7.11 Å². The van der Waals surface area contributed by atoms with Gasteiger partial charge >= 0.3 is 0 Å². The molecule has 1 unspecified atom stereocenters. The fourth-order valence-corrected chi connectivity index (χ4v) is 2.40. The van der Waals surface area contributed by atoms with Gasteiger partial charge in [0.15, 0.2) is 0 Å². The molecule has 1 aromatic carbocycles. The van der Waals surface area contributed by atoms with Crippen molar-refractivity contribution in [3.05, 3.63) is 27.7 Å². The highest BCUT2D eigenvalue weighted by Gasteiger charge is 2.22. The highest BCUT2D eigenvalue weighted by atomic mass is 79.9. The van der Waals surface area contributed by atoms with E-state index in [9.17, 15) is 0 Å². The summed E-state index contributed by atoms with van der Waals surface area (Å²) in [6.07, 6.45) is 1.25. The van der Waals surface area contributed by atoms with Gasteiger partial charge in [0, 0.05) is 23.0 Å². The molecule has 1 aromatic rings. The molecule has 15 heavy (non-hydrogen) atoms. The summed E-state index contributed by atoms with van der Waals surface area (Å²) < 4.78 is 6.86. The van der Waals surface area contributed by atoms with Crippen LogP contribution in [0.4, 0.5) is 0 Å². The zero-order chi connectivity index (χ0) is 10.8. The zero-order valence-electron chi connectivity index (χ0n) is 8.84. The number of hydrogen-bond acceptors (Lipinski definition) is 3. The molecule has 0 amide bonds. The number of rotatable bonds is 3. The third kappa shape index (κ3) is 2.33. The first kappa shape index (κ1) is 10.9. The first-order valence-corrected chi connectivity index (χ1v) is 5.74. The van der Waals surface area contributed by atoms with Gasteiger partial charge < -0.3 is 9.57 Å². The average molecular weight is 272 g/mol. The lowest BCUT2D eigenvalue weighted by molar-refractivity contribution is 0.0858. The average Bonchev–Trinajstić information content (AvgIpc) is 2.54. The Morgan fingerprint density at radius 1 is 1.60 bits per heavy atom. The molecule has 82 valence electrons. The van der Waals surface area contributed by atoms with Crippen LogP contribution in [0, 0.1) is 0 Å². The molecular weight excluding hydrogens is 258 g/mol. The summed E-state index contributed by atoms with van der Waals surface area (Å²) in [7, 11) is 1.61. The summed E-state index contributed by atoms with van der Waals surface area (Å²) in [6.45, 7) is 2.74. The number of halogens is 1. The van der Waals surface area contributed by atoms with Crippen LogP contribution in [0.1, 0.15) is 18.1 Å². The van der Waals surface area contributed by atoms with Crippen molar-refractivity contribution in [2.45, 2.75) is 26.0 Å². The number of fused-ring (bicyclic) bond motifs is 1. The van der Waals surface area contributed by atoms with E-state index in [0.717, 1.165) is 22.2 Å². The van der Waals surface area contributed by atoms with Crippen molar-refractivity contribution in [3.63, 3.8) is 0 Å². The van der Waals surface area contributed by atoms with Gasteiger partial charge in [-0.25, -0.2) is 0 Å². The van der Waals surface area contributed by atoms with Gasteiger partial charge in [-0.1, -0.05) is 15.9 Å². The molecule has 0 bridgehead atoms. The molecule has 1 heterocycles. The van der Waals surface area contributed by atoms with Crippen LogP contribution in [0.25, 0.3) is 0 Å². The summed E-state index contributed by atoms with van der Waals surface area (Å²) >= 11 is 3.50. The molecule has 1 aliphatic heterocycles. The second kappa shape index (κ2) is 4.51. The Bertz CT molecular complexity index is 368. The summed E-state index contributed by atoms with van der Waals surface area (Å²) in [4.78, 5) is 4.85. The minimum Gasteiger partial charge on any atom is -0.490 e. The summed E-state index contributed by atoms with van der Waals surface area (Å²) in [5.74, 6) is 1.01. The molecule has 3 nitrogen and oxygen atoms in total. The summed E-state index contributed by atoms with van der Waals surface area (Å²) in [6, 6.07) is 4.18. The predicted octanol–water partition coefficient (Wildman–Crippen LogP) is 2.42. The largest absolute Gasteiger partial charge is 0.490 e. The monoisotopic (exact) mass is 271 g/mol.